The zero-order valence-electron chi connectivity index (χ0n) is 36.0. The lowest BCUT2D eigenvalue weighted by atomic mass is 10.0. The molecule has 57 heavy (non-hydrogen) atoms. The van der Waals surface area contributed by atoms with E-state index in [1.54, 1.807) is 18.7 Å². The maximum atomic E-state index is 12.4. The number of halogens is 4. The van der Waals surface area contributed by atoms with Crippen molar-refractivity contribution in [2.75, 3.05) is 0 Å². The van der Waals surface area contributed by atoms with Crippen LogP contribution in [0.15, 0.2) is 143 Å². The molecule has 3 aromatic carbocycles. The Balaban J connectivity index is 0.000000343. The molecule has 0 unspecified atom stereocenters. The van der Waals surface area contributed by atoms with Gasteiger partial charge in [0.2, 0.25) is 0 Å². The van der Waals surface area contributed by atoms with Crippen LogP contribution in [0.2, 0.25) is 10.0 Å². The fraction of sp³-hybridized carbons (Fsp3) is 0.360. The molecule has 3 aromatic heterocycles. The molecular formula is C50H64BrCl2FN2O. The fourth-order valence-electron chi connectivity index (χ4n) is 4.59. The maximum absolute atomic E-state index is 12.4. The van der Waals surface area contributed by atoms with Gasteiger partial charge >= 0.3 is 0 Å². The summed E-state index contributed by atoms with van der Waals surface area (Å²) in [5.74, 6) is 3.17. The molecule has 308 valence electrons. The van der Waals surface area contributed by atoms with E-state index in [9.17, 15) is 4.39 Å². The quantitative estimate of drug-likeness (QED) is 0.167. The van der Waals surface area contributed by atoms with Crippen molar-refractivity contribution in [3.63, 3.8) is 0 Å². The van der Waals surface area contributed by atoms with E-state index in [0.717, 1.165) is 20.9 Å². The Morgan fingerprint density at radius 1 is 0.456 bits per heavy atom. The molecule has 0 bridgehead atoms. The molecule has 0 aliphatic heterocycles. The smallest absolute Gasteiger partial charge is 0.123 e. The first-order valence-electron chi connectivity index (χ1n) is 19.7. The molecule has 0 spiro atoms. The number of hydrogen-bond donors (Lipinski definition) is 0. The van der Waals surface area contributed by atoms with E-state index in [1.165, 1.54) is 34.4 Å². The molecule has 0 saturated carbocycles. The molecule has 0 saturated heterocycles. The Labute approximate surface area is 362 Å². The Morgan fingerprint density at radius 3 is 1.21 bits per heavy atom. The fourth-order valence-corrected chi connectivity index (χ4v) is 5.07. The molecule has 6 rings (SSSR count). The van der Waals surface area contributed by atoms with Gasteiger partial charge in [0, 0.05) is 33.3 Å². The number of benzene rings is 3. The van der Waals surface area contributed by atoms with Crippen LogP contribution in [0.5, 0.6) is 0 Å². The van der Waals surface area contributed by atoms with E-state index in [-0.39, 0.29) is 5.82 Å². The van der Waals surface area contributed by atoms with Gasteiger partial charge in [-0.2, -0.15) is 0 Å². The van der Waals surface area contributed by atoms with Gasteiger partial charge in [0.1, 0.15) is 5.82 Å². The van der Waals surface area contributed by atoms with Crippen molar-refractivity contribution in [2.45, 2.75) is 119 Å². The summed E-state index contributed by atoms with van der Waals surface area (Å²) >= 11 is 14.7. The molecule has 0 aliphatic carbocycles. The summed E-state index contributed by atoms with van der Waals surface area (Å²) < 4.78 is 18.3. The van der Waals surface area contributed by atoms with Gasteiger partial charge in [-0.3, -0.25) is 9.97 Å². The van der Waals surface area contributed by atoms with Crippen molar-refractivity contribution in [2.24, 2.45) is 0 Å². The number of rotatable bonds is 6. The Bertz CT molecular complexity index is 1640. The standard InChI is InChI=1S/C9H11Cl.C9H11F.C9H12.C8H10BrN.C8H10ClN.C7H10O/c2*1-7(2)8-3-5-9(10)6-4-8;1-8(2)9-6-4-3-5-7-9;2*1-6(2)8-4-3-7(9)5-10-8;1-6(2)7-3-4-8-5-7/h2*3-7H,1-2H3;3-8H,1-2H3;2*3-6H,1-2H3;3-6H,1-2H3. The number of furan rings is 1. The maximum Gasteiger partial charge on any atom is 0.123 e. The molecule has 6 aromatic rings. The van der Waals surface area contributed by atoms with Gasteiger partial charge in [-0.25, -0.2) is 4.39 Å². The summed E-state index contributed by atoms with van der Waals surface area (Å²) in [7, 11) is 0. The lowest BCUT2D eigenvalue weighted by Crippen LogP contribution is -1.89. The minimum Gasteiger partial charge on any atom is -0.472 e. The lowest BCUT2D eigenvalue weighted by molar-refractivity contribution is 0.562. The zero-order valence-corrected chi connectivity index (χ0v) is 39.1. The van der Waals surface area contributed by atoms with Gasteiger partial charge in [0.15, 0.2) is 0 Å². The topological polar surface area (TPSA) is 38.9 Å². The molecule has 0 radical (unpaired) electrons. The van der Waals surface area contributed by atoms with E-state index < -0.39 is 0 Å². The molecule has 3 heterocycles. The SMILES string of the molecule is CC(C)c1ccc(Br)cn1.CC(C)c1ccc(Cl)cc1.CC(C)c1ccc(Cl)cn1.CC(C)c1ccc(F)cc1.CC(C)c1ccccc1.CC(C)c1ccoc1. The number of hydrogen-bond acceptors (Lipinski definition) is 3. The highest BCUT2D eigenvalue weighted by molar-refractivity contribution is 9.10. The molecule has 0 amide bonds. The predicted octanol–water partition coefficient (Wildman–Crippen LogP) is 17.5. The molecular weight excluding hydrogens is 814 g/mol. The van der Waals surface area contributed by atoms with Gasteiger partial charge in [0.25, 0.3) is 0 Å². The largest absolute Gasteiger partial charge is 0.472 e. The van der Waals surface area contributed by atoms with Crippen LogP contribution in [-0.4, -0.2) is 9.97 Å². The third-order valence-corrected chi connectivity index (χ3v) is 9.38. The second kappa shape index (κ2) is 28.6. The Morgan fingerprint density at radius 2 is 0.877 bits per heavy atom. The van der Waals surface area contributed by atoms with Crippen molar-refractivity contribution < 1.29 is 8.81 Å². The lowest BCUT2D eigenvalue weighted by Gasteiger charge is -2.03. The summed E-state index contributed by atoms with van der Waals surface area (Å²) in [5, 5.41) is 1.51. The highest BCUT2D eigenvalue weighted by Crippen LogP contribution is 2.18. The second-order valence-electron chi connectivity index (χ2n) is 15.3. The van der Waals surface area contributed by atoms with Crippen LogP contribution < -0.4 is 0 Å². The second-order valence-corrected chi connectivity index (χ2v) is 17.1. The molecule has 0 atom stereocenters. The predicted molar refractivity (Wildman–Crippen MR) is 249 cm³/mol. The highest BCUT2D eigenvalue weighted by Gasteiger charge is 2.00. The summed E-state index contributed by atoms with van der Waals surface area (Å²) in [5.41, 5.74) is 7.43. The van der Waals surface area contributed by atoms with Gasteiger partial charge in [-0.15, -0.1) is 0 Å². The molecule has 0 N–H and O–H groups in total. The third-order valence-electron chi connectivity index (χ3n) is 8.43. The molecule has 3 nitrogen and oxygen atoms in total. The van der Waals surface area contributed by atoms with Crippen molar-refractivity contribution >= 4 is 39.1 Å². The highest BCUT2D eigenvalue weighted by atomic mass is 79.9. The van der Waals surface area contributed by atoms with Crippen molar-refractivity contribution in [1.82, 2.24) is 9.97 Å². The van der Waals surface area contributed by atoms with E-state index in [0.29, 0.717) is 40.5 Å². The van der Waals surface area contributed by atoms with Crippen LogP contribution in [0.3, 0.4) is 0 Å². The molecule has 0 fully saturated rings. The minimum atomic E-state index is -0.163. The van der Waals surface area contributed by atoms with Gasteiger partial charge < -0.3 is 4.42 Å². The summed E-state index contributed by atoms with van der Waals surface area (Å²) in [6.45, 7) is 25.7. The van der Waals surface area contributed by atoms with Crippen molar-refractivity contribution in [1.29, 1.82) is 0 Å². The van der Waals surface area contributed by atoms with Crippen LogP contribution >= 0.6 is 39.1 Å². The Kier molecular flexibility index (Phi) is 25.7. The average molecular weight is 879 g/mol. The molecule has 7 heteroatoms. The number of aromatic nitrogens is 2. The van der Waals surface area contributed by atoms with Crippen LogP contribution in [0.4, 0.5) is 4.39 Å². The average Bonchev–Trinajstić information content (AvgIpc) is 3.74. The van der Waals surface area contributed by atoms with Crippen LogP contribution in [0, 0.1) is 5.82 Å². The van der Waals surface area contributed by atoms with Crippen LogP contribution in [-0.2, 0) is 0 Å². The third kappa shape index (κ3) is 23.3. The summed E-state index contributed by atoms with van der Waals surface area (Å²) in [6.07, 6.45) is 6.99. The van der Waals surface area contributed by atoms with E-state index in [1.807, 2.05) is 66.9 Å². The van der Waals surface area contributed by atoms with E-state index in [4.69, 9.17) is 27.6 Å². The van der Waals surface area contributed by atoms with Crippen LogP contribution in [0.1, 0.15) is 152 Å². The van der Waals surface area contributed by atoms with Crippen molar-refractivity contribution in [3.05, 3.63) is 188 Å². The Hall–Kier alpha value is -3.77. The van der Waals surface area contributed by atoms with Gasteiger partial charge in [-0.05, 0) is 128 Å². The monoisotopic (exact) mass is 876 g/mol. The summed E-state index contributed by atoms with van der Waals surface area (Å²) in [6, 6.07) is 35.0. The van der Waals surface area contributed by atoms with Gasteiger partial charge in [-0.1, -0.05) is 161 Å². The first-order chi connectivity index (χ1) is 26.9. The number of nitrogens with zero attached hydrogens (tertiary/aromatic N) is 2. The van der Waals surface area contributed by atoms with E-state index >= 15 is 0 Å². The zero-order chi connectivity index (χ0) is 42.9. The minimum absolute atomic E-state index is 0.163. The first kappa shape index (κ1) is 51.2. The normalized spacial score (nSPS) is 10.4. The van der Waals surface area contributed by atoms with Gasteiger partial charge in [0.05, 0.1) is 17.5 Å². The number of pyridine rings is 2. The van der Waals surface area contributed by atoms with E-state index in [2.05, 4.69) is 145 Å². The molecule has 0 aliphatic rings. The first-order valence-corrected chi connectivity index (χ1v) is 21.3. The summed E-state index contributed by atoms with van der Waals surface area (Å²) in [4.78, 5) is 8.38. The van der Waals surface area contributed by atoms with Crippen molar-refractivity contribution in [3.8, 4) is 0 Å². The van der Waals surface area contributed by atoms with Crippen LogP contribution in [0.25, 0.3) is 0 Å².